The summed E-state index contributed by atoms with van der Waals surface area (Å²) in [5.74, 6) is 0.732. The molecule has 7 heteroatoms. The van der Waals surface area contributed by atoms with Crippen LogP contribution in [0.3, 0.4) is 0 Å². The largest absolute Gasteiger partial charge is 0.337 e. The van der Waals surface area contributed by atoms with Gasteiger partial charge in [0.1, 0.15) is 5.82 Å². The molecule has 0 aliphatic carbocycles. The van der Waals surface area contributed by atoms with E-state index in [1.165, 1.54) is 6.07 Å². The number of hydrogen-bond acceptors (Lipinski definition) is 4. The molecule has 1 saturated heterocycles. The molecule has 2 N–H and O–H groups in total. The molecule has 20 heavy (non-hydrogen) atoms. The van der Waals surface area contributed by atoms with E-state index in [0.717, 1.165) is 19.6 Å². The smallest absolute Gasteiger partial charge is 0.245 e. The summed E-state index contributed by atoms with van der Waals surface area (Å²) in [6, 6.07) is 5.24. The fourth-order valence-electron chi connectivity index (χ4n) is 2.34. The monoisotopic (exact) mass is 339 g/mol. The Balaban J connectivity index is 1.90. The van der Waals surface area contributed by atoms with Crippen LogP contribution in [0.2, 0.25) is 0 Å². The van der Waals surface area contributed by atoms with Gasteiger partial charge in [-0.25, -0.2) is 4.39 Å². The van der Waals surface area contributed by atoms with Gasteiger partial charge in [0.25, 0.3) is 0 Å². The number of benzene rings is 1. The number of nitrogens with one attached hydrogen (secondary N) is 2. The fraction of sp³-hybridized carbons (Fsp3) is 0.385. The van der Waals surface area contributed by atoms with Gasteiger partial charge in [-0.05, 0) is 35.0 Å². The van der Waals surface area contributed by atoms with Crippen molar-refractivity contribution in [3.8, 4) is 11.4 Å². The number of aromatic nitrogens is 3. The van der Waals surface area contributed by atoms with E-state index in [2.05, 4.69) is 48.3 Å². The molecule has 2 aromatic rings. The van der Waals surface area contributed by atoms with Crippen LogP contribution in [0.25, 0.3) is 11.4 Å². The van der Waals surface area contributed by atoms with Gasteiger partial charge < -0.3 is 10.2 Å². The molecule has 0 unspecified atom stereocenters. The van der Waals surface area contributed by atoms with Gasteiger partial charge in [-0.3, -0.25) is 5.10 Å². The third-order valence-corrected chi connectivity index (χ3v) is 3.99. The molecule has 0 amide bonds. The standard InChI is InChI=1S/C13H15BrFN5/c1-8-7-20(6-5-16-8)13-17-12(18-19-13)11-9(14)3-2-4-10(11)15/h2-4,8,16H,5-7H2,1H3,(H,17,18,19)/t8-/m1/s1. The number of nitrogens with zero attached hydrogens (tertiary/aromatic N) is 3. The fourth-order valence-corrected chi connectivity index (χ4v) is 2.87. The van der Waals surface area contributed by atoms with Crippen LogP contribution in [-0.4, -0.2) is 40.9 Å². The lowest BCUT2D eigenvalue weighted by atomic mass is 10.2. The van der Waals surface area contributed by atoms with Gasteiger partial charge in [0.05, 0.1) is 5.56 Å². The van der Waals surface area contributed by atoms with Gasteiger partial charge in [0.15, 0.2) is 5.82 Å². The molecule has 1 aromatic carbocycles. The quantitative estimate of drug-likeness (QED) is 0.880. The second-order valence-electron chi connectivity index (χ2n) is 4.88. The first-order valence-corrected chi connectivity index (χ1v) is 7.29. The second-order valence-corrected chi connectivity index (χ2v) is 5.74. The summed E-state index contributed by atoms with van der Waals surface area (Å²) in [5, 5.41) is 10.4. The third-order valence-electron chi connectivity index (χ3n) is 3.32. The Morgan fingerprint density at radius 3 is 3.05 bits per heavy atom. The average molecular weight is 340 g/mol. The van der Waals surface area contributed by atoms with Crippen molar-refractivity contribution in [3.63, 3.8) is 0 Å². The highest BCUT2D eigenvalue weighted by atomic mass is 79.9. The molecule has 0 spiro atoms. The number of rotatable bonds is 2. The maximum absolute atomic E-state index is 13.9. The molecular formula is C13H15BrFN5. The first kappa shape index (κ1) is 13.5. The van der Waals surface area contributed by atoms with Crippen LogP contribution in [0.15, 0.2) is 22.7 Å². The molecule has 5 nitrogen and oxygen atoms in total. The van der Waals surface area contributed by atoms with Crippen LogP contribution in [0.4, 0.5) is 10.3 Å². The van der Waals surface area contributed by atoms with Gasteiger partial charge >= 0.3 is 0 Å². The van der Waals surface area contributed by atoms with Gasteiger partial charge in [-0.1, -0.05) is 6.07 Å². The minimum atomic E-state index is -0.323. The van der Waals surface area contributed by atoms with Gasteiger partial charge in [0, 0.05) is 30.1 Å². The number of halogens is 2. The van der Waals surface area contributed by atoms with Crippen LogP contribution < -0.4 is 10.2 Å². The third kappa shape index (κ3) is 2.55. The van der Waals surface area contributed by atoms with E-state index >= 15 is 0 Å². The minimum Gasteiger partial charge on any atom is -0.337 e. The summed E-state index contributed by atoms with van der Waals surface area (Å²) in [7, 11) is 0. The van der Waals surface area contributed by atoms with E-state index in [1.54, 1.807) is 12.1 Å². The first-order chi connectivity index (χ1) is 9.65. The van der Waals surface area contributed by atoms with E-state index in [0.29, 0.717) is 27.9 Å². The Morgan fingerprint density at radius 2 is 2.30 bits per heavy atom. The Hall–Kier alpha value is -1.47. The lowest BCUT2D eigenvalue weighted by Gasteiger charge is -2.30. The average Bonchev–Trinajstić information content (AvgIpc) is 2.88. The van der Waals surface area contributed by atoms with Gasteiger partial charge in [-0.15, -0.1) is 5.10 Å². The van der Waals surface area contributed by atoms with Crippen molar-refractivity contribution in [3.05, 3.63) is 28.5 Å². The zero-order valence-electron chi connectivity index (χ0n) is 11.0. The molecule has 0 saturated carbocycles. The van der Waals surface area contributed by atoms with Crippen molar-refractivity contribution < 1.29 is 4.39 Å². The predicted molar refractivity (Wildman–Crippen MR) is 79.2 cm³/mol. The maximum Gasteiger partial charge on any atom is 0.245 e. The van der Waals surface area contributed by atoms with Crippen LogP contribution in [-0.2, 0) is 0 Å². The van der Waals surface area contributed by atoms with Crippen molar-refractivity contribution in [1.82, 2.24) is 20.5 Å². The van der Waals surface area contributed by atoms with Gasteiger partial charge in [-0.2, -0.15) is 4.98 Å². The van der Waals surface area contributed by atoms with Crippen molar-refractivity contribution in [2.45, 2.75) is 13.0 Å². The van der Waals surface area contributed by atoms with E-state index in [4.69, 9.17) is 0 Å². The molecular weight excluding hydrogens is 325 g/mol. The molecule has 1 aromatic heterocycles. The SMILES string of the molecule is C[C@@H]1CN(c2n[nH]c(-c3c(F)cccc3Br)n2)CCN1. The summed E-state index contributed by atoms with van der Waals surface area (Å²) in [4.78, 5) is 6.51. The Kier molecular flexibility index (Phi) is 3.71. The maximum atomic E-state index is 13.9. The molecule has 0 bridgehead atoms. The van der Waals surface area contributed by atoms with E-state index in [1.807, 2.05) is 0 Å². The summed E-state index contributed by atoms with van der Waals surface area (Å²) in [5.41, 5.74) is 0.412. The van der Waals surface area contributed by atoms with Crippen LogP contribution in [0.1, 0.15) is 6.92 Å². The lowest BCUT2D eigenvalue weighted by molar-refractivity contribution is 0.480. The number of H-pyrrole nitrogens is 1. The van der Waals surface area contributed by atoms with E-state index < -0.39 is 0 Å². The number of hydrogen-bond donors (Lipinski definition) is 2. The van der Waals surface area contributed by atoms with Crippen molar-refractivity contribution in [2.75, 3.05) is 24.5 Å². The molecule has 1 fully saturated rings. The molecule has 106 valence electrons. The molecule has 3 rings (SSSR count). The highest BCUT2D eigenvalue weighted by Gasteiger charge is 2.21. The number of piperazine rings is 1. The summed E-state index contributed by atoms with van der Waals surface area (Å²) >= 11 is 3.35. The van der Waals surface area contributed by atoms with Crippen LogP contribution >= 0.6 is 15.9 Å². The predicted octanol–water partition coefficient (Wildman–Crippen LogP) is 2.17. The molecule has 1 aliphatic rings. The van der Waals surface area contributed by atoms with Crippen LogP contribution in [0, 0.1) is 5.82 Å². The topological polar surface area (TPSA) is 56.8 Å². The molecule has 1 aliphatic heterocycles. The normalized spacial score (nSPS) is 19.4. The van der Waals surface area contributed by atoms with Crippen molar-refractivity contribution in [2.24, 2.45) is 0 Å². The van der Waals surface area contributed by atoms with E-state index in [-0.39, 0.29) is 5.82 Å². The summed E-state index contributed by atoms with van der Waals surface area (Å²) in [6.45, 7) is 4.71. The Bertz CT molecular complexity index is 594. The van der Waals surface area contributed by atoms with E-state index in [9.17, 15) is 4.39 Å². The Labute approximate surface area is 124 Å². The summed E-state index contributed by atoms with van der Waals surface area (Å²) < 4.78 is 14.6. The van der Waals surface area contributed by atoms with Crippen molar-refractivity contribution >= 4 is 21.9 Å². The Morgan fingerprint density at radius 1 is 1.45 bits per heavy atom. The first-order valence-electron chi connectivity index (χ1n) is 6.50. The molecule has 0 radical (unpaired) electrons. The molecule has 2 heterocycles. The van der Waals surface area contributed by atoms with Crippen LogP contribution in [0.5, 0.6) is 0 Å². The number of aromatic amines is 1. The zero-order valence-corrected chi connectivity index (χ0v) is 12.6. The highest BCUT2D eigenvalue weighted by Crippen LogP contribution is 2.29. The number of anilines is 1. The minimum absolute atomic E-state index is 0.323. The lowest BCUT2D eigenvalue weighted by Crippen LogP contribution is -2.49. The second kappa shape index (κ2) is 5.49. The van der Waals surface area contributed by atoms with Gasteiger partial charge in [0.2, 0.25) is 5.95 Å². The molecule has 1 atom stereocenters. The highest BCUT2D eigenvalue weighted by molar-refractivity contribution is 9.10. The zero-order chi connectivity index (χ0) is 14.1. The van der Waals surface area contributed by atoms with Crippen molar-refractivity contribution in [1.29, 1.82) is 0 Å². The summed E-state index contributed by atoms with van der Waals surface area (Å²) in [6.07, 6.45) is 0.